The maximum atomic E-state index is 4.00. The summed E-state index contributed by atoms with van der Waals surface area (Å²) < 4.78 is 0. The molecular formula is C20H40. The SMILES string of the molecule is C=CC(CCCCCCCCCCCCC)C(C)(C)C. The van der Waals surface area contributed by atoms with Gasteiger partial charge in [-0.1, -0.05) is 104 Å². The first kappa shape index (κ1) is 19.7. The molecule has 0 radical (unpaired) electrons. The average molecular weight is 281 g/mol. The summed E-state index contributed by atoms with van der Waals surface area (Å²) >= 11 is 0. The van der Waals surface area contributed by atoms with Crippen molar-refractivity contribution in [1.82, 2.24) is 0 Å². The molecule has 0 saturated heterocycles. The lowest BCUT2D eigenvalue weighted by Crippen LogP contribution is -2.17. The summed E-state index contributed by atoms with van der Waals surface area (Å²) in [5.41, 5.74) is 0.389. The Morgan fingerprint density at radius 3 is 1.50 bits per heavy atom. The Labute approximate surface area is 129 Å². The minimum absolute atomic E-state index is 0.389. The summed E-state index contributed by atoms with van der Waals surface area (Å²) in [5.74, 6) is 0.682. The van der Waals surface area contributed by atoms with Gasteiger partial charge in [0.1, 0.15) is 0 Å². The van der Waals surface area contributed by atoms with Crippen LogP contribution in [0.1, 0.15) is 105 Å². The predicted molar refractivity (Wildman–Crippen MR) is 94.2 cm³/mol. The van der Waals surface area contributed by atoms with Crippen LogP contribution >= 0.6 is 0 Å². The predicted octanol–water partition coefficient (Wildman–Crippen LogP) is 7.54. The van der Waals surface area contributed by atoms with Crippen molar-refractivity contribution in [2.75, 3.05) is 0 Å². The third-order valence-electron chi connectivity index (χ3n) is 4.52. The Bertz CT molecular complexity index is 209. The van der Waals surface area contributed by atoms with Crippen LogP contribution in [0.3, 0.4) is 0 Å². The monoisotopic (exact) mass is 280 g/mol. The summed E-state index contributed by atoms with van der Waals surface area (Å²) in [5, 5.41) is 0. The van der Waals surface area contributed by atoms with Crippen molar-refractivity contribution in [3.05, 3.63) is 12.7 Å². The Hall–Kier alpha value is -0.260. The largest absolute Gasteiger partial charge is 0.103 e. The summed E-state index contributed by atoms with van der Waals surface area (Å²) in [4.78, 5) is 0. The van der Waals surface area contributed by atoms with E-state index in [2.05, 4.69) is 40.3 Å². The number of unbranched alkanes of at least 4 members (excludes halogenated alkanes) is 10. The highest BCUT2D eigenvalue weighted by Crippen LogP contribution is 2.31. The van der Waals surface area contributed by atoms with Gasteiger partial charge in [-0.15, -0.1) is 6.58 Å². The zero-order chi connectivity index (χ0) is 15.3. The van der Waals surface area contributed by atoms with E-state index in [-0.39, 0.29) is 0 Å². The molecule has 0 heterocycles. The Kier molecular flexibility index (Phi) is 12.3. The van der Waals surface area contributed by atoms with Crippen LogP contribution in [0.4, 0.5) is 0 Å². The first-order valence-electron chi connectivity index (χ1n) is 9.15. The molecule has 0 aliphatic heterocycles. The molecule has 20 heavy (non-hydrogen) atoms. The van der Waals surface area contributed by atoms with E-state index in [0.717, 1.165) is 0 Å². The molecule has 0 N–H and O–H groups in total. The zero-order valence-corrected chi connectivity index (χ0v) is 14.8. The fourth-order valence-electron chi connectivity index (χ4n) is 2.93. The molecule has 1 atom stereocenters. The van der Waals surface area contributed by atoms with Crippen LogP contribution in [0.2, 0.25) is 0 Å². The maximum absolute atomic E-state index is 4.00. The van der Waals surface area contributed by atoms with Crippen LogP contribution in [0.5, 0.6) is 0 Å². The highest BCUT2D eigenvalue weighted by molar-refractivity contribution is 4.87. The average Bonchev–Trinajstić information content (AvgIpc) is 2.38. The molecule has 0 aromatic heterocycles. The third kappa shape index (κ3) is 11.6. The van der Waals surface area contributed by atoms with Crippen molar-refractivity contribution in [2.45, 2.75) is 105 Å². The summed E-state index contributed by atoms with van der Waals surface area (Å²) in [6.45, 7) is 13.3. The Balaban J connectivity index is 3.30. The highest BCUT2D eigenvalue weighted by Gasteiger charge is 2.20. The molecule has 0 heteroatoms. The molecule has 0 aromatic carbocycles. The van der Waals surface area contributed by atoms with E-state index in [1.807, 2.05) is 0 Å². The Morgan fingerprint density at radius 1 is 0.750 bits per heavy atom. The topological polar surface area (TPSA) is 0 Å². The normalized spacial score (nSPS) is 13.4. The van der Waals surface area contributed by atoms with E-state index in [0.29, 0.717) is 11.3 Å². The van der Waals surface area contributed by atoms with E-state index in [1.165, 1.54) is 77.0 Å². The summed E-state index contributed by atoms with van der Waals surface area (Å²) in [6.07, 6.45) is 19.2. The number of allylic oxidation sites excluding steroid dienone is 1. The molecule has 0 spiro atoms. The first-order valence-corrected chi connectivity index (χ1v) is 9.15. The molecule has 0 bridgehead atoms. The molecule has 0 fully saturated rings. The second-order valence-corrected chi connectivity index (χ2v) is 7.53. The van der Waals surface area contributed by atoms with Crippen molar-refractivity contribution >= 4 is 0 Å². The molecule has 0 rings (SSSR count). The lowest BCUT2D eigenvalue weighted by molar-refractivity contribution is 0.271. The van der Waals surface area contributed by atoms with E-state index < -0.39 is 0 Å². The van der Waals surface area contributed by atoms with Crippen molar-refractivity contribution in [3.8, 4) is 0 Å². The lowest BCUT2D eigenvalue weighted by Gasteiger charge is -2.27. The van der Waals surface area contributed by atoms with Gasteiger partial charge in [-0.3, -0.25) is 0 Å². The molecule has 0 saturated carbocycles. The number of hydrogen-bond donors (Lipinski definition) is 0. The minimum atomic E-state index is 0.389. The number of hydrogen-bond acceptors (Lipinski definition) is 0. The van der Waals surface area contributed by atoms with Crippen molar-refractivity contribution < 1.29 is 0 Å². The zero-order valence-electron chi connectivity index (χ0n) is 14.8. The van der Waals surface area contributed by atoms with Crippen LogP contribution in [0, 0.1) is 11.3 Å². The molecule has 0 amide bonds. The van der Waals surface area contributed by atoms with Crippen LogP contribution in [-0.4, -0.2) is 0 Å². The van der Waals surface area contributed by atoms with Gasteiger partial charge in [0.15, 0.2) is 0 Å². The third-order valence-corrected chi connectivity index (χ3v) is 4.52. The van der Waals surface area contributed by atoms with Gasteiger partial charge in [-0.05, 0) is 17.8 Å². The van der Waals surface area contributed by atoms with Crippen LogP contribution < -0.4 is 0 Å². The molecule has 120 valence electrons. The van der Waals surface area contributed by atoms with E-state index >= 15 is 0 Å². The van der Waals surface area contributed by atoms with Crippen LogP contribution in [0.15, 0.2) is 12.7 Å². The molecule has 0 aromatic rings. The van der Waals surface area contributed by atoms with E-state index in [1.54, 1.807) is 0 Å². The molecule has 0 aliphatic rings. The van der Waals surface area contributed by atoms with E-state index in [9.17, 15) is 0 Å². The molecule has 0 nitrogen and oxygen atoms in total. The van der Waals surface area contributed by atoms with Gasteiger partial charge < -0.3 is 0 Å². The van der Waals surface area contributed by atoms with Crippen LogP contribution in [0.25, 0.3) is 0 Å². The standard InChI is InChI=1S/C20H40/c1-6-8-9-10-11-12-13-14-15-16-17-18-19(7-2)20(3,4)5/h7,19H,2,6,8-18H2,1,3-5H3. The van der Waals surface area contributed by atoms with Gasteiger partial charge in [0.25, 0.3) is 0 Å². The Morgan fingerprint density at radius 2 is 1.15 bits per heavy atom. The summed E-state index contributed by atoms with van der Waals surface area (Å²) in [7, 11) is 0. The molecule has 0 aliphatic carbocycles. The second kappa shape index (κ2) is 12.5. The first-order chi connectivity index (χ1) is 9.52. The van der Waals surface area contributed by atoms with Crippen LogP contribution in [-0.2, 0) is 0 Å². The van der Waals surface area contributed by atoms with E-state index in [4.69, 9.17) is 0 Å². The van der Waals surface area contributed by atoms with Crippen molar-refractivity contribution in [1.29, 1.82) is 0 Å². The summed E-state index contributed by atoms with van der Waals surface area (Å²) in [6, 6.07) is 0. The lowest BCUT2D eigenvalue weighted by atomic mass is 9.78. The smallest absolute Gasteiger partial charge is 0.0187 e. The maximum Gasteiger partial charge on any atom is -0.0187 e. The second-order valence-electron chi connectivity index (χ2n) is 7.53. The molecule has 1 unspecified atom stereocenters. The van der Waals surface area contributed by atoms with Gasteiger partial charge in [-0.25, -0.2) is 0 Å². The van der Waals surface area contributed by atoms with Gasteiger partial charge in [-0.2, -0.15) is 0 Å². The van der Waals surface area contributed by atoms with Crippen molar-refractivity contribution in [2.24, 2.45) is 11.3 Å². The van der Waals surface area contributed by atoms with Crippen molar-refractivity contribution in [3.63, 3.8) is 0 Å². The molecular weight excluding hydrogens is 240 g/mol. The quantitative estimate of drug-likeness (QED) is 0.241. The minimum Gasteiger partial charge on any atom is -0.103 e. The fraction of sp³-hybridized carbons (Fsp3) is 0.900. The van der Waals surface area contributed by atoms with Gasteiger partial charge in [0.2, 0.25) is 0 Å². The van der Waals surface area contributed by atoms with Gasteiger partial charge >= 0.3 is 0 Å². The fourth-order valence-corrected chi connectivity index (χ4v) is 2.93. The van der Waals surface area contributed by atoms with Gasteiger partial charge in [0, 0.05) is 0 Å². The number of rotatable bonds is 13. The highest BCUT2D eigenvalue weighted by atomic mass is 14.3. The van der Waals surface area contributed by atoms with Gasteiger partial charge in [0.05, 0.1) is 0 Å².